The molecule has 2 fully saturated rings. The highest BCUT2D eigenvalue weighted by atomic mass is 16.2. The molecule has 2 aliphatic rings. The third-order valence-corrected chi connectivity index (χ3v) is 7.61. The van der Waals surface area contributed by atoms with Crippen LogP contribution in [0.2, 0.25) is 0 Å². The van der Waals surface area contributed by atoms with Crippen molar-refractivity contribution in [1.29, 1.82) is 5.26 Å². The van der Waals surface area contributed by atoms with Gasteiger partial charge in [-0.25, -0.2) is 14.8 Å². The summed E-state index contributed by atoms with van der Waals surface area (Å²) in [4.78, 5) is 40.6. The molecule has 0 spiro atoms. The van der Waals surface area contributed by atoms with Crippen molar-refractivity contribution in [2.75, 3.05) is 61.4 Å². The highest BCUT2D eigenvalue weighted by Gasteiger charge is 2.33. The van der Waals surface area contributed by atoms with E-state index in [1.54, 1.807) is 11.1 Å². The molecule has 11 heteroatoms. The molecule has 0 radical (unpaired) electrons. The molecular formula is C27H33N9O2. The smallest absolute Gasteiger partial charge is 0.331 e. The van der Waals surface area contributed by atoms with Crippen molar-refractivity contribution in [1.82, 2.24) is 24.8 Å². The molecule has 2 saturated heterocycles. The molecule has 0 bridgehead atoms. The fourth-order valence-corrected chi connectivity index (χ4v) is 5.36. The lowest BCUT2D eigenvalue weighted by atomic mass is 9.92. The Morgan fingerprint density at radius 3 is 2.66 bits per heavy atom. The van der Waals surface area contributed by atoms with E-state index in [1.165, 1.54) is 10.9 Å². The lowest BCUT2D eigenvalue weighted by Gasteiger charge is -2.42. The number of piperazine rings is 1. The van der Waals surface area contributed by atoms with Gasteiger partial charge < -0.3 is 25.3 Å². The minimum Gasteiger partial charge on any atom is -0.369 e. The molecule has 2 amide bonds. The molecule has 5 rings (SSSR count). The van der Waals surface area contributed by atoms with Crippen LogP contribution in [0.3, 0.4) is 0 Å². The van der Waals surface area contributed by atoms with Gasteiger partial charge in [-0.3, -0.25) is 9.36 Å². The summed E-state index contributed by atoms with van der Waals surface area (Å²) in [5, 5.41) is 16.0. The van der Waals surface area contributed by atoms with Crippen molar-refractivity contribution in [2.24, 2.45) is 5.92 Å². The zero-order valence-corrected chi connectivity index (χ0v) is 21.8. The number of hydrogen-bond acceptors (Lipinski definition) is 8. The molecule has 2 N–H and O–H groups in total. The number of nitrogens with one attached hydrogen (secondary N) is 2. The number of likely N-dealkylation sites (tertiary alicyclic amines) is 1. The van der Waals surface area contributed by atoms with Gasteiger partial charge in [-0.05, 0) is 42.7 Å². The van der Waals surface area contributed by atoms with E-state index in [1.807, 2.05) is 43.4 Å². The number of nitrogens with zero attached hydrogens (tertiary/aromatic N) is 7. The zero-order chi connectivity index (χ0) is 26.6. The summed E-state index contributed by atoms with van der Waals surface area (Å²) in [6, 6.07) is 11.4. The van der Waals surface area contributed by atoms with E-state index in [4.69, 9.17) is 5.26 Å². The summed E-state index contributed by atoms with van der Waals surface area (Å²) in [6.45, 7) is 7.20. The molecule has 0 unspecified atom stereocenters. The summed E-state index contributed by atoms with van der Waals surface area (Å²) in [5.74, 6) is 0.883. The van der Waals surface area contributed by atoms with Crippen LogP contribution in [0.15, 0.2) is 42.9 Å². The number of nitriles is 1. The van der Waals surface area contributed by atoms with Crippen molar-refractivity contribution >= 4 is 40.2 Å². The van der Waals surface area contributed by atoms with Crippen molar-refractivity contribution in [3.63, 3.8) is 0 Å². The van der Waals surface area contributed by atoms with Gasteiger partial charge in [0, 0.05) is 63.9 Å². The van der Waals surface area contributed by atoms with Crippen LogP contribution < -0.4 is 20.4 Å². The summed E-state index contributed by atoms with van der Waals surface area (Å²) in [6.07, 6.45) is 3.90. The largest absolute Gasteiger partial charge is 0.369 e. The Bertz CT molecular complexity index is 1340. The van der Waals surface area contributed by atoms with E-state index in [0.29, 0.717) is 36.2 Å². The fraction of sp³-hybridized carbons (Fsp3) is 0.444. The number of rotatable bonds is 5. The molecule has 0 saturated carbocycles. The zero-order valence-electron chi connectivity index (χ0n) is 21.8. The normalized spacial score (nSPS) is 19.7. The molecule has 11 nitrogen and oxygen atoms in total. The molecule has 4 heterocycles. The van der Waals surface area contributed by atoms with Crippen LogP contribution in [0, 0.1) is 17.2 Å². The minimum absolute atomic E-state index is 0.0240. The Kier molecular flexibility index (Phi) is 7.42. The number of amides is 2. The number of piperidine rings is 1. The Hall–Kier alpha value is -4.17. The van der Waals surface area contributed by atoms with Gasteiger partial charge in [0.05, 0.1) is 17.5 Å². The molecular weight excluding hydrogens is 482 g/mol. The number of aromatic nitrogens is 3. The molecule has 2 aliphatic heterocycles. The van der Waals surface area contributed by atoms with Crippen molar-refractivity contribution in [3.05, 3.63) is 42.9 Å². The topological polar surface area (TPSA) is 122 Å². The number of benzene rings is 1. The second kappa shape index (κ2) is 11.1. The predicted molar refractivity (Wildman–Crippen MR) is 146 cm³/mol. The first-order valence-corrected chi connectivity index (χ1v) is 13.0. The highest BCUT2D eigenvalue weighted by molar-refractivity contribution is 6.00. The van der Waals surface area contributed by atoms with Gasteiger partial charge in [-0.2, -0.15) is 5.26 Å². The molecule has 38 heavy (non-hydrogen) atoms. The number of hydrogen-bond donors (Lipinski definition) is 2. The van der Waals surface area contributed by atoms with E-state index in [-0.39, 0.29) is 24.4 Å². The summed E-state index contributed by atoms with van der Waals surface area (Å²) < 4.78 is 1.49. The van der Waals surface area contributed by atoms with Crippen LogP contribution in [-0.2, 0) is 4.79 Å². The minimum atomic E-state index is -0.304. The maximum Gasteiger partial charge on any atom is 0.331 e. The van der Waals surface area contributed by atoms with Crippen molar-refractivity contribution in [3.8, 4) is 6.07 Å². The van der Waals surface area contributed by atoms with Gasteiger partial charge in [0.15, 0.2) is 5.65 Å². The maximum atomic E-state index is 13.2. The Morgan fingerprint density at radius 1 is 1.16 bits per heavy atom. The lowest BCUT2D eigenvalue weighted by molar-refractivity contribution is -0.131. The first-order valence-electron chi connectivity index (χ1n) is 13.0. The lowest BCUT2D eigenvalue weighted by Crippen LogP contribution is -2.52. The van der Waals surface area contributed by atoms with Gasteiger partial charge in [0.2, 0.25) is 5.91 Å². The van der Waals surface area contributed by atoms with Gasteiger partial charge in [0.1, 0.15) is 18.6 Å². The number of likely N-dealkylation sites (N-methyl/N-ethyl adjacent to an activating group) is 1. The van der Waals surface area contributed by atoms with E-state index in [2.05, 4.69) is 37.3 Å². The second-order valence-electron chi connectivity index (χ2n) is 9.95. The number of anilines is 3. The quantitative estimate of drug-likeness (QED) is 0.532. The van der Waals surface area contributed by atoms with Gasteiger partial charge in [0.25, 0.3) is 0 Å². The summed E-state index contributed by atoms with van der Waals surface area (Å²) in [5.41, 5.74) is 2.36. The predicted octanol–water partition coefficient (Wildman–Crippen LogP) is 2.51. The van der Waals surface area contributed by atoms with Gasteiger partial charge >= 0.3 is 6.03 Å². The third kappa shape index (κ3) is 5.13. The van der Waals surface area contributed by atoms with E-state index in [9.17, 15) is 9.59 Å². The van der Waals surface area contributed by atoms with Gasteiger partial charge in [-0.1, -0.05) is 6.92 Å². The van der Waals surface area contributed by atoms with Crippen LogP contribution in [0.4, 0.5) is 22.0 Å². The summed E-state index contributed by atoms with van der Waals surface area (Å²) >= 11 is 0. The van der Waals surface area contributed by atoms with E-state index < -0.39 is 0 Å². The molecule has 0 aliphatic carbocycles. The number of fused-ring (bicyclic) bond motifs is 1. The Labute approximate surface area is 222 Å². The van der Waals surface area contributed by atoms with Crippen LogP contribution in [0.1, 0.15) is 19.8 Å². The van der Waals surface area contributed by atoms with Crippen LogP contribution in [0.5, 0.6) is 0 Å². The van der Waals surface area contributed by atoms with E-state index in [0.717, 1.165) is 43.7 Å². The first-order chi connectivity index (χ1) is 18.5. The standard InChI is InChI=1S/C27H33N9O2/c1-19-8-13-35(24(37)7-10-28)17-23(19)33(2)25-22-9-14-36(26(22)31-18-30-25)27(38)32-20-3-5-21(6-4-20)34-15-11-29-12-16-34/h3-6,9,14,18-19,23,29H,7-8,11-13,15-17H2,1-2H3,(H,32,38)/t19-,23+/m1/s1. The van der Waals surface area contributed by atoms with Crippen LogP contribution in [0.25, 0.3) is 11.0 Å². The number of carbonyl (C=O) groups excluding carboxylic acids is 2. The molecule has 2 aromatic heterocycles. The highest BCUT2D eigenvalue weighted by Crippen LogP contribution is 2.30. The monoisotopic (exact) mass is 515 g/mol. The molecule has 198 valence electrons. The second-order valence-corrected chi connectivity index (χ2v) is 9.95. The van der Waals surface area contributed by atoms with Crippen molar-refractivity contribution < 1.29 is 9.59 Å². The SMILES string of the molecule is C[C@@H]1CCN(C(=O)CC#N)C[C@@H]1N(C)c1ncnc2c1ccn2C(=O)Nc1ccc(N2CCNCC2)cc1. The van der Waals surface area contributed by atoms with E-state index >= 15 is 0 Å². The first kappa shape index (κ1) is 25.5. The Balaban J connectivity index is 1.32. The maximum absolute atomic E-state index is 13.2. The molecule has 1 aromatic carbocycles. The van der Waals surface area contributed by atoms with Crippen molar-refractivity contribution in [2.45, 2.75) is 25.8 Å². The molecule has 2 atom stereocenters. The summed E-state index contributed by atoms with van der Waals surface area (Å²) in [7, 11) is 1.96. The van der Waals surface area contributed by atoms with Crippen LogP contribution in [-0.4, -0.2) is 83.7 Å². The Morgan fingerprint density at radius 2 is 1.92 bits per heavy atom. The molecule has 3 aromatic rings. The van der Waals surface area contributed by atoms with Crippen LogP contribution >= 0.6 is 0 Å². The third-order valence-electron chi connectivity index (χ3n) is 7.61. The fourth-order valence-electron chi connectivity index (χ4n) is 5.36. The average molecular weight is 516 g/mol. The van der Waals surface area contributed by atoms with Gasteiger partial charge in [-0.15, -0.1) is 0 Å². The number of carbonyl (C=O) groups is 2. The average Bonchev–Trinajstić information content (AvgIpc) is 3.39.